The molecule has 22 heavy (non-hydrogen) atoms. The van der Waals surface area contributed by atoms with Crippen LogP contribution >= 0.6 is 12.4 Å². The Balaban J connectivity index is 0.00000441. The van der Waals surface area contributed by atoms with Gasteiger partial charge in [0, 0.05) is 13.1 Å². The molecule has 0 heterocycles. The summed E-state index contributed by atoms with van der Waals surface area (Å²) in [5.41, 5.74) is 2.27. The number of carbonyl (C=O) groups excluding carboxylic acids is 1. The number of carbonyl (C=O) groups is 1. The van der Waals surface area contributed by atoms with Crippen molar-refractivity contribution in [2.45, 2.75) is 46.6 Å². The van der Waals surface area contributed by atoms with Crippen LogP contribution in [0.5, 0.6) is 5.75 Å². The van der Waals surface area contributed by atoms with Crippen molar-refractivity contribution < 1.29 is 9.53 Å². The molecule has 1 atom stereocenters. The third-order valence-electron chi connectivity index (χ3n) is 3.32. The zero-order chi connectivity index (χ0) is 15.8. The Labute approximate surface area is 140 Å². The molecule has 126 valence electrons. The van der Waals surface area contributed by atoms with Crippen LogP contribution in [0.4, 0.5) is 0 Å². The fourth-order valence-electron chi connectivity index (χ4n) is 2.06. The normalized spacial score (nSPS) is 11.7. The van der Waals surface area contributed by atoms with Gasteiger partial charge in [-0.15, -0.1) is 12.4 Å². The van der Waals surface area contributed by atoms with E-state index >= 15 is 0 Å². The Morgan fingerprint density at radius 2 is 1.91 bits per heavy atom. The number of likely N-dealkylation sites (N-methyl/N-ethyl adjacent to an activating group) is 1. The van der Waals surface area contributed by atoms with E-state index in [0.29, 0.717) is 12.5 Å². The average molecular weight is 329 g/mol. The standard InChI is InChI=1S/C17H28N2O2.ClH/c1-6-18-9-10-19-17(20)14(5)21-16-11-13(4)7-8-15(16)12(2)3;/h7-8,11-12,14,18H,6,9-10H2,1-5H3,(H,19,20);1H. The molecule has 0 aliphatic heterocycles. The molecule has 1 amide bonds. The number of nitrogens with one attached hydrogen (secondary N) is 2. The highest BCUT2D eigenvalue weighted by molar-refractivity contribution is 5.85. The maximum absolute atomic E-state index is 12.0. The number of aryl methyl sites for hydroxylation is 1. The van der Waals surface area contributed by atoms with Gasteiger partial charge in [-0.2, -0.15) is 0 Å². The van der Waals surface area contributed by atoms with Gasteiger partial charge in [-0.3, -0.25) is 4.79 Å². The summed E-state index contributed by atoms with van der Waals surface area (Å²) in [6, 6.07) is 6.15. The van der Waals surface area contributed by atoms with Gasteiger partial charge in [0.2, 0.25) is 0 Å². The van der Waals surface area contributed by atoms with E-state index in [4.69, 9.17) is 4.74 Å². The van der Waals surface area contributed by atoms with E-state index in [9.17, 15) is 4.79 Å². The molecule has 0 saturated heterocycles. The molecule has 0 aliphatic rings. The molecule has 0 saturated carbocycles. The van der Waals surface area contributed by atoms with Crippen molar-refractivity contribution in [1.29, 1.82) is 0 Å². The van der Waals surface area contributed by atoms with Gasteiger partial charge in [-0.1, -0.05) is 32.9 Å². The monoisotopic (exact) mass is 328 g/mol. The Morgan fingerprint density at radius 3 is 2.50 bits per heavy atom. The first-order valence-electron chi connectivity index (χ1n) is 7.71. The van der Waals surface area contributed by atoms with Crippen molar-refractivity contribution in [2.75, 3.05) is 19.6 Å². The Hall–Kier alpha value is -1.26. The van der Waals surface area contributed by atoms with Crippen LogP contribution in [0.2, 0.25) is 0 Å². The van der Waals surface area contributed by atoms with E-state index in [1.165, 1.54) is 0 Å². The number of ether oxygens (including phenoxy) is 1. The lowest BCUT2D eigenvalue weighted by molar-refractivity contribution is -0.127. The van der Waals surface area contributed by atoms with E-state index in [1.807, 2.05) is 19.9 Å². The molecule has 1 rings (SSSR count). The van der Waals surface area contributed by atoms with Crippen LogP contribution in [0, 0.1) is 6.92 Å². The molecular weight excluding hydrogens is 300 g/mol. The summed E-state index contributed by atoms with van der Waals surface area (Å²) in [5.74, 6) is 1.09. The summed E-state index contributed by atoms with van der Waals surface area (Å²) in [6.07, 6.45) is -0.495. The van der Waals surface area contributed by atoms with Gasteiger partial charge in [0.25, 0.3) is 5.91 Å². The summed E-state index contributed by atoms with van der Waals surface area (Å²) < 4.78 is 5.87. The first-order chi connectivity index (χ1) is 9.95. The minimum Gasteiger partial charge on any atom is -0.481 e. The molecular formula is C17H29ClN2O2. The van der Waals surface area contributed by atoms with Crippen molar-refractivity contribution in [3.8, 4) is 5.75 Å². The molecule has 0 spiro atoms. The zero-order valence-electron chi connectivity index (χ0n) is 14.2. The van der Waals surface area contributed by atoms with Crippen molar-refractivity contribution in [3.63, 3.8) is 0 Å². The molecule has 4 nitrogen and oxygen atoms in total. The Bertz CT molecular complexity index is 464. The van der Waals surface area contributed by atoms with Crippen LogP contribution in [0.15, 0.2) is 18.2 Å². The third kappa shape index (κ3) is 6.67. The number of amides is 1. The molecule has 0 radical (unpaired) electrons. The van der Waals surface area contributed by atoms with E-state index in [1.54, 1.807) is 6.92 Å². The van der Waals surface area contributed by atoms with Gasteiger partial charge in [-0.05, 0) is 43.5 Å². The predicted molar refractivity (Wildman–Crippen MR) is 94.2 cm³/mol. The summed E-state index contributed by atoms with van der Waals surface area (Å²) in [4.78, 5) is 12.0. The van der Waals surface area contributed by atoms with E-state index in [2.05, 4.69) is 36.6 Å². The lowest BCUT2D eigenvalue weighted by Crippen LogP contribution is -2.39. The molecule has 5 heteroatoms. The van der Waals surface area contributed by atoms with Crippen LogP contribution in [0.3, 0.4) is 0 Å². The van der Waals surface area contributed by atoms with Crippen LogP contribution in [-0.2, 0) is 4.79 Å². The van der Waals surface area contributed by atoms with Gasteiger partial charge in [0.15, 0.2) is 6.10 Å². The number of hydrogen-bond donors (Lipinski definition) is 2. The number of rotatable bonds is 8. The minimum atomic E-state index is -0.495. The van der Waals surface area contributed by atoms with Crippen molar-refractivity contribution in [2.24, 2.45) is 0 Å². The van der Waals surface area contributed by atoms with Gasteiger partial charge < -0.3 is 15.4 Å². The average Bonchev–Trinajstić information content (AvgIpc) is 2.43. The molecule has 1 aromatic carbocycles. The highest BCUT2D eigenvalue weighted by atomic mass is 35.5. The van der Waals surface area contributed by atoms with Gasteiger partial charge >= 0.3 is 0 Å². The maximum Gasteiger partial charge on any atom is 0.260 e. The summed E-state index contributed by atoms with van der Waals surface area (Å²) >= 11 is 0. The molecule has 2 N–H and O–H groups in total. The second kappa shape index (κ2) is 10.5. The van der Waals surface area contributed by atoms with Gasteiger partial charge in [0.05, 0.1) is 0 Å². The first-order valence-corrected chi connectivity index (χ1v) is 7.71. The van der Waals surface area contributed by atoms with Gasteiger partial charge in [-0.25, -0.2) is 0 Å². The molecule has 0 aliphatic carbocycles. The Kier molecular flexibility index (Phi) is 9.86. The first kappa shape index (κ1) is 20.7. The maximum atomic E-state index is 12.0. The fraction of sp³-hybridized carbons (Fsp3) is 0.588. The summed E-state index contributed by atoms with van der Waals surface area (Å²) in [7, 11) is 0. The SMILES string of the molecule is CCNCCNC(=O)C(C)Oc1cc(C)ccc1C(C)C.Cl. The lowest BCUT2D eigenvalue weighted by Gasteiger charge is -2.19. The predicted octanol–water partition coefficient (Wildman–Crippen LogP) is 3.03. The number of hydrogen-bond acceptors (Lipinski definition) is 3. The second-order valence-corrected chi connectivity index (χ2v) is 5.60. The number of halogens is 1. The summed E-state index contributed by atoms with van der Waals surface area (Å²) in [5, 5.41) is 6.04. The van der Waals surface area contributed by atoms with Crippen LogP contribution in [0.25, 0.3) is 0 Å². The minimum absolute atomic E-state index is 0. The molecule has 1 unspecified atom stereocenters. The largest absolute Gasteiger partial charge is 0.481 e. The highest BCUT2D eigenvalue weighted by Crippen LogP contribution is 2.28. The van der Waals surface area contributed by atoms with Gasteiger partial charge in [0.1, 0.15) is 5.75 Å². The van der Waals surface area contributed by atoms with Crippen LogP contribution in [-0.4, -0.2) is 31.6 Å². The van der Waals surface area contributed by atoms with Crippen molar-refractivity contribution in [3.05, 3.63) is 29.3 Å². The van der Waals surface area contributed by atoms with E-state index in [0.717, 1.165) is 30.0 Å². The van der Waals surface area contributed by atoms with E-state index < -0.39 is 6.10 Å². The van der Waals surface area contributed by atoms with Crippen molar-refractivity contribution >= 4 is 18.3 Å². The molecule has 0 aromatic heterocycles. The quantitative estimate of drug-likeness (QED) is 0.721. The Morgan fingerprint density at radius 1 is 1.23 bits per heavy atom. The molecule has 0 bridgehead atoms. The zero-order valence-corrected chi connectivity index (χ0v) is 15.0. The lowest BCUT2D eigenvalue weighted by atomic mass is 10.0. The summed E-state index contributed by atoms with van der Waals surface area (Å²) in [6.45, 7) is 12.4. The highest BCUT2D eigenvalue weighted by Gasteiger charge is 2.17. The smallest absolute Gasteiger partial charge is 0.260 e. The van der Waals surface area contributed by atoms with Crippen LogP contribution in [0.1, 0.15) is 44.7 Å². The van der Waals surface area contributed by atoms with Crippen molar-refractivity contribution in [1.82, 2.24) is 10.6 Å². The fourth-order valence-corrected chi connectivity index (χ4v) is 2.06. The molecule has 0 fully saturated rings. The third-order valence-corrected chi connectivity index (χ3v) is 3.32. The van der Waals surface area contributed by atoms with Crippen LogP contribution < -0.4 is 15.4 Å². The second-order valence-electron chi connectivity index (χ2n) is 5.60. The number of benzene rings is 1. The van der Waals surface area contributed by atoms with E-state index in [-0.39, 0.29) is 18.3 Å². The molecule has 1 aromatic rings. The topological polar surface area (TPSA) is 50.4 Å².